The number of halogens is 1. The van der Waals surface area contributed by atoms with Crippen LogP contribution < -0.4 is 15.0 Å². The third-order valence-electron chi connectivity index (χ3n) is 5.64. The molecule has 2 amide bonds. The minimum absolute atomic E-state index is 0.0189. The molecule has 3 aromatic rings. The maximum absolute atomic E-state index is 13.4. The molecule has 8 heteroatoms. The number of hydrogen-bond donors (Lipinski definition) is 1. The highest BCUT2D eigenvalue weighted by atomic mass is 35.5. The molecule has 1 aliphatic heterocycles. The summed E-state index contributed by atoms with van der Waals surface area (Å²) in [5.74, 6) is 0.219. The molecular formula is C26H24ClN3O3S. The number of ether oxygens (including phenoxy) is 1. The Hall–Kier alpha value is -3.42. The van der Waals surface area contributed by atoms with Gasteiger partial charge in [-0.15, -0.1) is 0 Å². The van der Waals surface area contributed by atoms with Gasteiger partial charge in [0.25, 0.3) is 5.91 Å². The first-order chi connectivity index (χ1) is 16.5. The molecule has 4 rings (SSSR count). The molecular weight excluding hydrogens is 470 g/mol. The van der Waals surface area contributed by atoms with Gasteiger partial charge in [0.05, 0.1) is 19.2 Å². The number of rotatable bonds is 8. The monoisotopic (exact) mass is 493 g/mol. The van der Waals surface area contributed by atoms with Crippen LogP contribution in [0.2, 0.25) is 5.02 Å². The molecule has 1 atom stereocenters. The first kappa shape index (κ1) is 23.7. The Bertz CT molecular complexity index is 1170. The van der Waals surface area contributed by atoms with E-state index in [-0.39, 0.29) is 18.2 Å². The van der Waals surface area contributed by atoms with E-state index in [0.717, 1.165) is 5.56 Å². The summed E-state index contributed by atoms with van der Waals surface area (Å²) >= 11 is 11.7. The lowest BCUT2D eigenvalue weighted by molar-refractivity contribution is -0.124. The van der Waals surface area contributed by atoms with Gasteiger partial charge >= 0.3 is 0 Å². The summed E-state index contributed by atoms with van der Waals surface area (Å²) in [6.45, 7) is 0.496. The van der Waals surface area contributed by atoms with Gasteiger partial charge in [0.1, 0.15) is 11.8 Å². The lowest BCUT2D eigenvalue weighted by Gasteiger charge is -2.24. The van der Waals surface area contributed by atoms with Gasteiger partial charge in [-0.3, -0.25) is 14.5 Å². The van der Waals surface area contributed by atoms with Crippen molar-refractivity contribution in [1.29, 1.82) is 0 Å². The van der Waals surface area contributed by atoms with Gasteiger partial charge in [-0.2, -0.15) is 0 Å². The smallest absolute Gasteiger partial charge is 0.256 e. The number of hydrogen-bond acceptors (Lipinski definition) is 4. The number of nitrogens with zero attached hydrogens (tertiary/aromatic N) is 2. The number of carbonyl (C=O) groups is 2. The second-order valence-corrected chi connectivity index (χ2v) is 8.66. The van der Waals surface area contributed by atoms with Crippen molar-refractivity contribution in [3.63, 3.8) is 0 Å². The topological polar surface area (TPSA) is 61.9 Å². The molecule has 6 nitrogen and oxygen atoms in total. The van der Waals surface area contributed by atoms with Gasteiger partial charge in [-0.25, -0.2) is 0 Å². The Kier molecular flexibility index (Phi) is 7.45. The molecule has 1 N–H and O–H groups in total. The highest BCUT2D eigenvalue weighted by molar-refractivity contribution is 7.80. The van der Waals surface area contributed by atoms with Crippen molar-refractivity contribution in [3.05, 3.63) is 89.4 Å². The zero-order chi connectivity index (χ0) is 24.1. The average Bonchev–Trinajstić information content (AvgIpc) is 3.08. The van der Waals surface area contributed by atoms with E-state index in [0.29, 0.717) is 40.2 Å². The molecule has 0 aliphatic carbocycles. The van der Waals surface area contributed by atoms with Crippen molar-refractivity contribution in [2.24, 2.45) is 0 Å². The molecule has 34 heavy (non-hydrogen) atoms. The van der Waals surface area contributed by atoms with Crippen LogP contribution in [0.3, 0.4) is 0 Å². The summed E-state index contributed by atoms with van der Waals surface area (Å²) in [6.07, 6.45) is 0.638. The number of anilines is 2. The summed E-state index contributed by atoms with van der Waals surface area (Å²) in [5, 5.41) is 3.92. The van der Waals surface area contributed by atoms with Crippen LogP contribution in [0.5, 0.6) is 5.75 Å². The molecule has 0 radical (unpaired) electrons. The summed E-state index contributed by atoms with van der Waals surface area (Å²) in [4.78, 5) is 29.7. The van der Waals surface area contributed by atoms with E-state index in [9.17, 15) is 9.59 Å². The molecule has 3 aromatic carbocycles. The predicted octanol–water partition coefficient (Wildman–Crippen LogP) is 4.92. The number of carbonyl (C=O) groups excluding carboxylic acids is 2. The van der Waals surface area contributed by atoms with E-state index in [2.05, 4.69) is 5.32 Å². The maximum Gasteiger partial charge on any atom is 0.256 e. The van der Waals surface area contributed by atoms with E-state index in [1.54, 1.807) is 31.4 Å². The second kappa shape index (κ2) is 10.7. The van der Waals surface area contributed by atoms with Crippen molar-refractivity contribution >= 4 is 52.1 Å². The number of para-hydroxylation sites is 1. The Morgan fingerprint density at radius 1 is 1.03 bits per heavy atom. The third kappa shape index (κ3) is 5.38. The van der Waals surface area contributed by atoms with Crippen molar-refractivity contribution in [2.45, 2.75) is 18.9 Å². The average molecular weight is 494 g/mol. The van der Waals surface area contributed by atoms with Crippen LogP contribution in [0.1, 0.15) is 12.0 Å². The standard InChI is InChI=1S/C26H24ClN3O3S/c1-33-22-13-11-20(12-14-22)28-24(31)17-23-25(32)30(21-5-3-2-4-6-21)26(34)29(23)16-15-18-7-9-19(27)10-8-18/h2-14,23H,15-17H2,1H3,(H,28,31)/t23-/m1/s1. The predicted molar refractivity (Wildman–Crippen MR) is 138 cm³/mol. The molecule has 1 fully saturated rings. The van der Waals surface area contributed by atoms with Crippen LogP contribution >= 0.6 is 23.8 Å². The summed E-state index contributed by atoms with van der Waals surface area (Å²) in [5.41, 5.74) is 2.39. The van der Waals surface area contributed by atoms with E-state index >= 15 is 0 Å². The largest absolute Gasteiger partial charge is 0.497 e. The fourth-order valence-electron chi connectivity index (χ4n) is 3.86. The number of thiocarbonyl (C=S) groups is 1. The lowest BCUT2D eigenvalue weighted by atomic mass is 10.1. The summed E-state index contributed by atoms with van der Waals surface area (Å²) in [7, 11) is 1.58. The van der Waals surface area contributed by atoms with Crippen LogP contribution in [0, 0.1) is 0 Å². The van der Waals surface area contributed by atoms with Gasteiger partial charge in [0.2, 0.25) is 5.91 Å². The molecule has 0 saturated carbocycles. The van der Waals surface area contributed by atoms with E-state index in [1.165, 1.54) is 4.90 Å². The Labute approximate surface area is 209 Å². The highest BCUT2D eigenvalue weighted by Gasteiger charge is 2.43. The third-order valence-corrected chi connectivity index (χ3v) is 6.31. The Morgan fingerprint density at radius 3 is 2.35 bits per heavy atom. The van der Waals surface area contributed by atoms with Crippen molar-refractivity contribution < 1.29 is 14.3 Å². The SMILES string of the molecule is COc1ccc(NC(=O)C[C@@H]2C(=O)N(c3ccccc3)C(=S)N2CCc2ccc(Cl)cc2)cc1. The van der Waals surface area contributed by atoms with E-state index in [4.69, 9.17) is 28.6 Å². The molecule has 0 aromatic heterocycles. The molecule has 0 bridgehead atoms. The molecule has 1 saturated heterocycles. The van der Waals surface area contributed by atoms with Crippen LogP contribution in [-0.2, 0) is 16.0 Å². The number of methoxy groups -OCH3 is 1. The normalized spacial score (nSPS) is 15.5. The van der Waals surface area contributed by atoms with E-state index < -0.39 is 6.04 Å². The highest BCUT2D eigenvalue weighted by Crippen LogP contribution is 2.28. The van der Waals surface area contributed by atoms with Crippen LogP contribution in [0.25, 0.3) is 0 Å². The van der Waals surface area contributed by atoms with Crippen molar-refractivity contribution in [1.82, 2.24) is 4.90 Å². The molecule has 0 spiro atoms. The van der Waals surface area contributed by atoms with E-state index in [1.807, 2.05) is 59.5 Å². The molecule has 0 unspecified atom stereocenters. The zero-order valence-corrected chi connectivity index (χ0v) is 20.2. The second-order valence-electron chi connectivity index (χ2n) is 7.86. The van der Waals surface area contributed by atoms with Crippen molar-refractivity contribution in [3.8, 4) is 5.75 Å². The Balaban J connectivity index is 1.52. The summed E-state index contributed by atoms with van der Waals surface area (Å²) < 4.78 is 5.15. The van der Waals surface area contributed by atoms with Crippen molar-refractivity contribution in [2.75, 3.05) is 23.9 Å². The fraction of sp³-hybridized carbons (Fsp3) is 0.192. The van der Waals surface area contributed by atoms with Gasteiger partial charge in [0.15, 0.2) is 5.11 Å². The van der Waals surface area contributed by atoms with Gasteiger partial charge < -0.3 is 15.0 Å². The molecule has 1 aliphatic rings. The molecule has 174 valence electrons. The fourth-order valence-corrected chi connectivity index (χ4v) is 4.40. The van der Waals surface area contributed by atoms with Crippen LogP contribution in [-0.4, -0.2) is 41.5 Å². The minimum atomic E-state index is -0.696. The minimum Gasteiger partial charge on any atom is -0.497 e. The molecule has 1 heterocycles. The Morgan fingerprint density at radius 2 is 1.71 bits per heavy atom. The number of nitrogens with one attached hydrogen (secondary N) is 1. The maximum atomic E-state index is 13.4. The van der Waals surface area contributed by atoms with Crippen LogP contribution in [0.4, 0.5) is 11.4 Å². The first-order valence-corrected chi connectivity index (χ1v) is 11.6. The lowest BCUT2D eigenvalue weighted by Crippen LogP contribution is -2.39. The first-order valence-electron chi connectivity index (χ1n) is 10.8. The van der Waals surface area contributed by atoms with Crippen LogP contribution in [0.15, 0.2) is 78.9 Å². The van der Waals surface area contributed by atoms with Gasteiger partial charge in [-0.05, 0) is 72.7 Å². The summed E-state index contributed by atoms with van der Waals surface area (Å²) in [6, 6.07) is 23.2. The number of amides is 2. The zero-order valence-electron chi connectivity index (χ0n) is 18.6. The van der Waals surface area contributed by atoms with Gasteiger partial charge in [-0.1, -0.05) is 41.9 Å². The number of benzene rings is 3. The van der Waals surface area contributed by atoms with Gasteiger partial charge in [0, 0.05) is 17.3 Å². The quantitative estimate of drug-likeness (QED) is 0.451.